The first-order valence-electron chi connectivity index (χ1n) is 10.1. The van der Waals surface area contributed by atoms with E-state index in [1.807, 2.05) is 0 Å². The Morgan fingerprint density at radius 1 is 1.33 bits per heavy atom. The van der Waals surface area contributed by atoms with Crippen LogP contribution in [0.4, 0.5) is 4.79 Å². The predicted octanol–water partition coefficient (Wildman–Crippen LogP) is -0.822. The molecule has 188 valence electrons. The van der Waals surface area contributed by atoms with Gasteiger partial charge in [0.1, 0.15) is 0 Å². The summed E-state index contributed by atoms with van der Waals surface area (Å²) in [4.78, 5) is 47.3. The van der Waals surface area contributed by atoms with Crippen molar-refractivity contribution in [3.63, 3.8) is 0 Å². The van der Waals surface area contributed by atoms with E-state index >= 15 is 0 Å². The number of hydrogen-bond acceptors (Lipinski definition) is 9. The summed E-state index contributed by atoms with van der Waals surface area (Å²) in [6, 6.07) is -1.68. The molecule has 0 bridgehead atoms. The fourth-order valence-corrected chi connectivity index (χ4v) is 3.18. The van der Waals surface area contributed by atoms with E-state index in [2.05, 4.69) is 25.9 Å². The molecule has 0 aromatic carbocycles. The summed E-state index contributed by atoms with van der Waals surface area (Å²) in [5.74, 6) is -1.33. The topological polar surface area (TPSA) is 168 Å². The second kappa shape index (κ2) is 13.9. The molecule has 3 unspecified atom stereocenters. The molecule has 0 aliphatic carbocycles. The molecule has 0 aromatic rings. The van der Waals surface area contributed by atoms with Crippen LogP contribution in [0.2, 0.25) is 0 Å². The van der Waals surface area contributed by atoms with E-state index in [9.17, 15) is 19.2 Å². The first-order valence-corrected chi connectivity index (χ1v) is 10.1. The van der Waals surface area contributed by atoms with E-state index < -0.39 is 35.7 Å². The number of alkyl carbamates (subject to hydrolysis) is 1. The van der Waals surface area contributed by atoms with Crippen molar-refractivity contribution in [2.24, 2.45) is 5.92 Å². The molecule has 1 fully saturated rings. The van der Waals surface area contributed by atoms with E-state index in [1.165, 1.54) is 13.4 Å². The van der Waals surface area contributed by atoms with Crippen molar-refractivity contribution in [1.82, 2.24) is 21.3 Å². The predicted molar refractivity (Wildman–Crippen MR) is 113 cm³/mol. The van der Waals surface area contributed by atoms with Gasteiger partial charge in [-0.25, -0.2) is 0 Å². The number of rotatable bonds is 9. The second-order valence-electron chi connectivity index (χ2n) is 8.08. The van der Waals surface area contributed by atoms with Crippen LogP contribution in [0.3, 0.4) is 0 Å². The summed E-state index contributed by atoms with van der Waals surface area (Å²) in [6.07, 6.45) is 4.24. The van der Waals surface area contributed by atoms with Gasteiger partial charge in [-0.15, -0.1) is 0 Å². The van der Waals surface area contributed by atoms with Crippen LogP contribution in [0.5, 0.6) is 0 Å². The number of amides is 3. The first kappa shape index (κ1) is 28.7. The van der Waals surface area contributed by atoms with Gasteiger partial charge in [-0.1, -0.05) is 0 Å². The van der Waals surface area contributed by atoms with E-state index in [0.29, 0.717) is 25.7 Å². The minimum atomic E-state index is -0.900. The van der Waals surface area contributed by atoms with E-state index in [1.54, 1.807) is 27.2 Å². The Morgan fingerprint density at radius 3 is 2.61 bits per heavy atom. The third kappa shape index (κ3) is 10.5. The third-order valence-electron chi connectivity index (χ3n) is 4.53. The fraction of sp³-hybridized carbons (Fsp3) is 0.684. The summed E-state index contributed by atoms with van der Waals surface area (Å²) in [6.45, 7) is 5.39. The monoisotopic (exact) mass is 707 g/mol. The Morgan fingerprint density at radius 2 is 2.03 bits per heavy atom. The number of esters is 1. The molecule has 1 saturated heterocycles. The van der Waals surface area contributed by atoms with Crippen LogP contribution >= 0.6 is 0 Å². The zero-order valence-electron chi connectivity index (χ0n) is 18.9. The zero-order chi connectivity index (χ0) is 24.1. The molecule has 0 aromatic heterocycles. The van der Waals surface area contributed by atoms with Crippen LogP contribution in [0.15, 0.2) is 0 Å². The van der Waals surface area contributed by atoms with Crippen molar-refractivity contribution in [2.75, 3.05) is 13.7 Å². The van der Waals surface area contributed by atoms with E-state index in [4.69, 9.17) is 14.7 Å². The van der Waals surface area contributed by atoms with Crippen LogP contribution in [-0.2, 0) is 28.5 Å². The first-order chi connectivity index (χ1) is 15.1. The molecule has 3 amide bonds. The molecule has 33 heavy (non-hydrogen) atoms. The molecule has 1 heterocycles. The van der Waals surface area contributed by atoms with Gasteiger partial charge in [-0.05, 0) is 0 Å². The Kier molecular flexibility index (Phi) is 12.1. The van der Waals surface area contributed by atoms with Crippen LogP contribution in [-0.4, -0.2) is 68.6 Å². The number of ether oxygens (including phenoxy) is 2. The van der Waals surface area contributed by atoms with Crippen molar-refractivity contribution in [1.29, 1.82) is 5.26 Å². The minimum absolute atomic E-state index is 0. The average molecular weight is 707 g/mol. The van der Waals surface area contributed by atoms with Crippen molar-refractivity contribution in [3.8, 4) is 6.26 Å². The maximum atomic E-state index is 12.6. The SMILES string of the molecule is COC(=O)C1CCCC(CCNC(=BOC#N)NC(=O)OC(C)(C)C)C(N[C-]=O)C(=O)N1.[Fm]. The summed E-state index contributed by atoms with van der Waals surface area (Å²) in [7, 11) is 2.26. The molecular formula is C19H29BFmN5O7-. The quantitative estimate of drug-likeness (QED) is 0.0788. The molecule has 0 spiro atoms. The molecule has 3 atom stereocenters. The molecule has 0 radical (unpaired) electrons. The number of hydrogen-bond donors (Lipinski definition) is 4. The largest absolute Gasteiger partial charge is 0 e. The minimum Gasteiger partial charge on any atom is 0 e. The van der Waals surface area contributed by atoms with Crippen LogP contribution in [0.1, 0.15) is 46.5 Å². The molecule has 0 saturated carbocycles. The van der Waals surface area contributed by atoms with Gasteiger partial charge in [0.15, 0.2) is 0 Å². The van der Waals surface area contributed by atoms with Crippen LogP contribution < -0.4 is 21.3 Å². The number of nitriles is 1. The van der Waals surface area contributed by atoms with Gasteiger partial charge in [0.05, 0.1) is 0 Å². The molecule has 12 nitrogen and oxygen atoms in total. The molecule has 1 rings (SSSR count). The summed E-state index contributed by atoms with van der Waals surface area (Å²) in [5.41, 5.74) is -0.627. The van der Waals surface area contributed by atoms with Crippen molar-refractivity contribution in [3.05, 3.63) is 0 Å². The number of nitrogens with zero attached hydrogens (tertiary/aromatic N) is 1. The van der Waals surface area contributed by atoms with Crippen LogP contribution in [0, 0.1) is 17.4 Å². The second-order valence-corrected chi connectivity index (χ2v) is 8.08. The van der Waals surface area contributed by atoms with Gasteiger partial charge in [0.2, 0.25) is 0 Å². The fourth-order valence-electron chi connectivity index (χ4n) is 3.18. The Bertz CT molecular complexity index is 754. The van der Waals surface area contributed by atoms with Gasteiger partial charge in [-0.2, -0.15) is 0 Å². The Labute approximate surface area is 187 Å². The maximum Gasteiger partial charge on any atom is 0 e. The molecule has 1 aliphatic heterocycles. The van der Waals surface area contributed by atoms with Crippen LogP contribution in [0.25, 0.3) is 0 Å². The standard InChI is InChI=1S/C19H29BN5O7.Fm/c1-19(2,3)32-18(29)25-17(20-31-10-21)22-9-8-12-6-5-7-13(16(28)30-4)24-15(27)14(12)23-11-26;/h12-14,22H,5-9H2,1-4H3,(H,23,26)(H,24,27)(H,25,29);/q-1;. The Hall–Kier alpha value is -4.30. The Balaban J connectivity index is 0.0000102. The number of carbonyl (C=O) groups is 3. The number of methoxy groups -OCH3 is 1. The van der Waals surface area contributed by atoms with E-state index in [0.717, 1.165) is 7.12 Å². The maximum absolute atomic E-state index is 12.6. The molecule has 1 aliphatic rings. The number of nitrogens with one attached hydrogen (secondary N) is 4. The van der Waals surface area contributed by atoms with Crippen molar-refractivity contribution < 1.29 is 33.3 Å². The van der Waals surface area contributed by atoms with Gasteiger partial charge in [0, 0.05) is 0 Å². The van der Waals surface area contributed by atoms with Gasteiger partial charge < -0.3 is 0 Å². The van der Waals surface area contributed by atoms with Gasteiger partial charge >= 0.3 is 187 Å². The zero-order valence-corrected chi connectivity index (χ0v) is 21.3. The molecule has 14 heteroatoms. The van der Waals surface area contributed by atoms with Gasteiger partial charge in [-0.3, -0.25) is 0 Å². The smallest absolute Gasteiger partial charge is 0 e. The average Bonchev–Trinajstić information content (AvgIpc) is 2.70. The third-order valence-corrected chi connectivity index (χ3v) is 4.53. The van der Waals surface area contributed by atoms with E-state index in [-0.39, 0.29) is 18.2 Å². The van der Waals surface area contributed by atoms with Crippen molar-refractivity contribution >= 4 is 37.2 Å². The summed E-state index contributed by atoms with van der Waals surface area (Å²) < 4.78 is 14.4. The molecular weight excluding hydrogens is 678 g/mol. The summed E-state index contributed by atoms with van der Waals surface area (Å²) in [5, 5.41) is 18.9. The number of carbonyl (C=O) groups excluding carboxylic acids is 4. The summed E-state index contributed by atoms with van der Waals surface area (Å²) >= 11 is 0. The molecule has 4 N–H and O–H groups in total. The van der Waals surface area contributed by atoms with Gasteiger partial charge in [0.25, 0.3) is 0 Å². The normalized spacial score (nSPS) is 20.6. The van der Waals surface area contributed by atoms with Crippen molar-refractivity contribution in [2.45, 2.75) is 64.1 Å².